The van der Waals surface area contributed by atoms with Crippen molar-refractivity contribution in [3.8, 4) is 11.5 Å². The second kappa shape index (κ2) is 13.3. The second-order valence-electron chi connectivity index (χ2n) is 5.94. The van der Waals surface area contributed by atoms with Crippen LogP contribution in [0.15, 0.2) is 51.9 Å². The maximum atomic E-state index is 12.0. The minimum Gasteiger partial charge on any atom is -0.493 e. The topological polar surface area (TPSA) is 98.0 Å². The van der Waals surface area contributed by atoms with E-state index in [1.165, 1.54) is 0 Å². The molecular weight excluding hydrogens is 551 g/mol. The number of carbonyl (C=O) groups is 1. The van der Waals surface area contributed by atoms with Crippen LogP contribution < -0.4 is 25.8 Å². The van der Waals surface area contributed by atoms with E-state index < -0.39 is 0 Å². The van der Waals surface area contributed by atoms with Crippen molar-refractivity contribution in [3.05, 3.63) is 58.1 Å². The predicted molar refractivity (Wildman–Crippen MR) is 129 cm³/mol. The third kappa shape index (κ3) is 8.48. The lowest BCUT2D eigenvalue weighted by molar-refractivity contribution is 0.0953. The normalized spacial score (nSPS) is 10.7. The average molecular weight is 577 g/mol. The maximum absolute atomic E-state index is 12.0. The lowest BCUT2D eigenvalue weighted by Crippen LogP contribution is -2.34. The molecule has 1 amide bonds. The van der Waals surface area contributed by atoms with Gasteiger partial charge in [0.1, 0.15) is 0 Å². The molecule has 0 atom stereocenters. The zero-order chi connectivity index (χ0) is 20.4. The number of methoxy groups -OCH3 is 2. The van der Waals surface area contributed by atoms with Crippen LogP contribution in [0, 0.1) is 0 Å². The minimum atomic E-state index is -0.101. The number of hydrogen-bond donors (Lipinski definition) is 3. The van der Waals surface area contributed by atoms with Gasteiger partial charge >= 0.3 is 0 Å². The minimum absolute atomic E-state index is 0. The Kier molecular flexibility index (Phi) is 11.4. The lowest BCUT2D eigenvalue weighted by Gasteiger charge is -2.09. The molecule has 0 saturated carbocycles. The largest absolute Gasteiger partial charge is 0.493 e. The van der Waals surface area contributed by atoms with E-state index >= 15 is 0 Å². The number of hydrogen-bond acceptors (Lipinski definition) is 4. The summed E-state index contributed by atoms with van der Waals surface area (Å²) in [5.41, 5.74) is 7.47. The Morgan fingerprint density at radius 1 is 1.07 bits per heavy atom. The van der Waals surface area contributed by atoms with Gasteiger partial charge in [-0.2, -0.15) is 0 Å². The van der Waals surface area contributed by atoms with Crippen molar-refractivity contribution < 1.29 is 14.3 Å². The van der Waals surface area contributed by atoms with Crippen molar-refractivity contribution in [2.45, 2.75) is 13.0 Å². The van der Waals surface area contributed by atoms with Crippen molar-refractivity contribution >= 4 is 51.8 Å². The van der Waals surface area contributed by atoms with Gasteiger partial charge in [-0.1, -0.05) is 28.1 Å². The number of rotatable bonds is 9. The highest BCUT2D eigenvalue weighted by Crippen LogP contribution is 2.27. The second-order valence-corrected chi connectivity index (χ2v) is 6.85. The van der Waals surface area contributed by atoms with Crippen LogP contribution in [-0.4, -0.2) is 39.2 Å². The Labute approximate surface area is 196 Å². The molecule has 4 N–H and O–H groups in total. The summed E-state index contributed by atoms with van der Waals surface area (Å²) in [5.74, 6) is 1.58. The molecule has 2 aromatic rings. The van der Waals surface area contributed by atoms with Gasteiger partial charge in [0.25, 0.3) is 5.91 Å². The van der Waals surface area contributed by atoms with Gasteiger partial charge in [-0.3, -0.25) is 4.79 Å². The molecule has 0 aliphatic heterocycles. The number of guanidine groups is 1. The molecule has 0 aliphatic carbocycles. The zero-order valence-corrected chi connectivity index (χ0v) is 20.3. The van der Waals surface area contributed by atoms with E-state index in [-0.39, 0.29) is 29.9 Å². The van der Waals surface area contributed by atoms with E-state index in [1.54, 1.807) is 26.4 Å². The van der Waals surface area contributed by atoms with Gasteiger partial charge in [-0.05, 0) is 42.3 Å². The molecule has 9 heteroatoms. The molecule has 0 fully saturated rings. The van der Waals surface area contributed by atoms with E-state index in [4.69, 9.17) is 15.2 Å². The number of aliphatic imine (C=N–C) groups is 1. The SMILES string of the molecule is COc1ccc(CN=C(N)NCCCNC(=O)c2cccc(Br)c2)cc1OC.I. The highest BCUT2D eigenvalue weighted by atomic mass is 127. The summed E-state index contributed by atoms with van der Waals surface area (Å²) in [6.07, 6.45) is 0.728. The standard InChI is InChI=1S/C20H25BrN4O3.HI/c1-27-17-8-7-14(11-18(17)28-2)13-25-20(22)24-10-4-9-23-19(26)15-5-3-6-16(21)12-15;/h3,5-8,11-12H,4,9-10,13H2,1-2H3,(H,23,26)(H3,22,24,25);1H. The number of carbonyl (C=O) groups excluding carboxylic acids is 1. The van der Waals surface area contributed by atoms with Gasteiger partial charge in [0, 0.05) is 23.1 Å². The van der Waals surface area contributed by atoms with Gasteiger partial charge < -0.3 is 25.8 Å². The van der Waals surface area contributed by atoms with E-state index in [9.17, 15) is 4.79 Å². The highest BCUT2D eigenvalue weighted by Gasteiger charge is 2.05. The monoisotopic (exact) mass is 576 g/mol. The molecule has 7 nitrogen and oxygen atoms in total. The fourth-order valence-corrected chi connectivity index (χ4v) is 2.85. The summed E-state index contributed by atoms with van der Waals surface area (Å²) < 4.78 is 11.4. The lowest BCUT2D eigenvalue weighted by atomic mass is 10.2. The summed E-state index contributed by atoms with van der Waals surface area (Å²) in [7, 11) is 3.19. The molecule has 2 rings (SSSR count). The van der Waals surface area contributed by atoms with Crippen molar-refractivity contribution in [3.63, 3.8) is 0 Å². The number of halogens is 2. The Bertz CT molecular complexity index is 833. The van der Waals surface area contributed by atoms with Crippen LogP contribution in [0.2, 0.25) is 0 Å². The summed E-state index contributed by atoms with van der Waals surface area (Å²) >= 11 is 3.36. The first-order chi connectivity index (χ1) is 13.5. The van der Waals surface area contributed by atoms with Crippen LogP contribution in [0.5, 0.6) is 11.5 Å². The number of amides is 1. The van der Waals surface area contributed by atoms with Crippen LogP contribution in [0.1, 0.15) is 22.3 Å². The Morgan fingerprint density at radius 2 is 1.79 bits per heavy atom. The predicted octanol–water partition coefficient (Wildman–Crippen LogP) is 3.31. The van der Waals surface area contributed by atoms with Gasteiger partial charge in [-0.15, -0.1) is 24.0 Å². The molecule has 0 aliphatic rings. The van der Waals surface area contributed by atoms with Crippen molar-refractivity contribution in [2.75, 3.05) is 27.3 Å². The molecule has 0 aromatic heterocycles. The summed E-state index contributed by atoms with van der Waals surface area (Å²) in [6, 6.07) is 12.9. The molecule has 2 aromatic carbocycles. The smallest absolute Gasteiger partial charge is 0.251 e. The molecule has 0 bridgehead atoms. The molecule has 158 valence electrons. The van der Waals surface area contributed by atoms with Gasteiger partial charge in [0.15, 0.2) is 17.5 Å². The number of nitrogens with two attached hydrogens (primary N) is 1. The van der Waals surface area contributed by atoms with Gasteiger partial charge in [-0.25, -0.2) is 4.99 Å². The Morgan fingerprint density at radius 3 is 2.48 bits per heavy atom. The Balaban J connectivity index is 0.00000420. The molecule has 0 saturated heterocycles. The number of benzene rings is 2. The maximum Gasteiger partial charge on any atom is 0.251 e. The first-order valence-corrected chi connectivity index (χ1v) is 9.61. The van der Waals surface area contributed by atoms with Crippen LogP contribution in [0.3, 0.4) is 0 Å². The first-order valence-electron chi connectivity index (χ1n) is 8.82. The molecule has 0 radical (unpaired) electrons. The van der Waals surface area contributed by atoms with Crippen LogP contribution >= 0.6 is 39.9 Å². The van der Waals surface area contributed by atoms with E-state index in [2.05, 4.69) is 31.6 Å². The van der Waals surface area contributed by atoms with Gasteiger partial charge in [0.05, 0.1) is 20.8 Å². The molecule has 29 heavy (non-hydrogen) atoms. The van der Waals surface area contributed by atoms with E-state index in [1.807, 2.05) is 30.3 Å². The third-order valence-electron chi connectivity index (χ3n) is 3.91. The quantitative estimate of drug-likeness (QED) is 0.184. The van der Waals surface area contributed by atoms with Crippen LogP contribution in [-0.2, 0) is 6.54 Å². The van der Waals surface area contributed by atoms with E-state index in [0.29, 0.717) is 42.7 Å². The fourth-order valence-electron chi connectivity index (χ4n) is 2.45. The third-order valence-corrected chi connectivity index (χ3v) is 4.41. The van der Waals surface area contributed by atoms with Crippen molar-refractivity contribution in [2.24, 2.45) is 10.7 Å². The zero-order valence-electron chi connectivity index (χ0n) is 16.4. The average Bonchev–Trinajstić information content (AvgIpc) is 2.71. The summed E-state index contributed by atoms with van der Waals surface area (Å²) in [6.45, 7) is 1.58. The van der Waals surface area contributed by atoms with Crippen LogP contribution in [0.4, 0.5) is 0 Å². The fraction of sp³-hybridized carbons (Fsp3) is 0.300. The molecule has 0 spiro atoms. The number of nitrogens with zero attached hydrogens (tertiary/aromatic N) is 1. The first kappa shape index (κ1) is 25.0. The molecular formula is C20H26BrIN4O3. The van der Waals surface area contributed by atoms with Gasteiger partial charge in [0.2, 0.25) is 0 Å². The Hall–Kier alpha value is -2.01. The van der Waals surface area contributed by atoms with E-state index in [0.717, 1.165) is 16.5 Å². The highest BCUT2D eigenvalue weighted by molar-refractivity contribution is 14.0. The summed E-state index contributed by atoms with van der Waals surface area (Å²) in [5, 5.41) is 5.91. The van der Waals surface area contributed by atoms with Crippen molar-refractivity contribution in [1.29, 1.82) is 0 Å². The number of ether oxygens (including phenoxy) is 2. The molecule has 0 heterocycles. The molecule has 0 unspecified atom stereocenters. The summed E-state index contributed by atoms with van der Waals surface area (Å²) in [4.78, 5) is 16.3. The van der Waals surface area contributed by atoms with Crippen molar-refractivity contribution in [1.82, 2.24) is 10.6 Å². The van der Waals surface area contributed by atoms with Crippen LogP contribution in [0.25, 0.3) is 0 Å². The number of nitrogens with one attached hydrogen (secondary N) is 2.